The summed E-state index contributed by atoms with van der Waals surface area (Å²) in [7, 11) is 0. The van der Waals surface area contributed by atoms with Crippen molar-refractivity contribution in [1.29, 1.82) is 0 Å². The van der Waals surface area contributed by atoms with E-state index >= 15 is 0 Å². The third kappa shape index (κ3) is 1.03. The summed E-state index contributed by atoms with van der Waals surface area (Å²) >= 11 is 0. The predicted molar refractivity (Wildman–Crippen MR) is 31.2 cm³/mol. The van der Waals surface area contributed by atoms with Gasteiger partial charge in [-0.15, -0.1) is 6.58 Å². The van der Waals surface area contributed by atoms with Gasteiger partial charge in [0.05, 0.1) is 0 Å². The lowest BCUT2D eigenvalue weighted by Crippen LogP contribution is -2.17. The van der Waals surface area contributed by atoms with Crippen molar-refractivity contribution in [3.05, 3.63) is 12.7 Å². The van der Waals surface area contributed by atoms with Gasteiger partial charge in [0.2, 0.25) is 0 Å². The van der Waals surface area contributed by atoms with Crippen molar-refractivity contribution in [1.82, 2.24) is 5.32 Å². The zero-order chi connectivity index (χ0) is 5.11. The molecule has 0 bridgehead atoms. The molecular weight excluding hydrogens is 86.1 g/mol. The van der Waals surface area contributed by atoms with E-state index in [4.69, 9.17) is 0 Å². The number of hydrogen-bond donors (Lipinski definition) is 1. The average molecular weight is 97.2 g/mol. The molecule has 7 heavy (non-hydrogen) atoms. The first kappa shape index (κ1) is 4.85. The fourth-order valence-corrected chi connectivity index (χ4v) is 0.913. The molecule has 1 saturated heterocycles. The van der Waals surface area contributed by atoms with Crippen LogP contribution in [0.5, 0.6) is 0 Å². The average Bonchev–Trinajstić information content (AvgIpc) is 2.14. The van der Waals surface area contributed by atoms with Crippen LogP contribution in [0.2, 0.25) is 0 Å². The van der Waals surface area contributed by atoms with E-state index in [1.54, 1.807) is 0 Å². The third-order valence-electron chi connectivity index (χ3n) is 1.38. The van der Waals surface area contributed by atoms with E-state index in [9.17, 15) is 0 Å². The molecule has 1 nitrogen and oxygen atoms in total. The lowest BCUT2D eigenvalue weighted by Gasteiger charge is -1.97. The summed E-state index contributed by atoms with van der Waals surface area (Å²) in [6.45, 7) is 4.86. The zero-order valence-corrected chi connectivity index (χ0v) is 4.48. The first-order chi connectivity index (χ1) is 3.43. The molecule has 0 aliphatic carbocycles. The Hall–Kier alpha value is -0.300. The fourth-order valence-electron chi connectivity index (χ4n) is 0.913. The molecule has 0 aromatic carbocycles. The summed E-state index contributed by atoms with van der Waals surface area (Å²) < 4.78 is 0. The molecule has 1 N–H and O–H groups in total. The highest BCUT2D eigenvalue weighted by Gasteiger charge is 2.07. The van der Waals surface area contributed by atoms with Crippen LogP contribution in [0, 0.1) is 0 Å². The second kappa shape index (κ2) is 2.12. The van der Waals surface area contributed by atoms with Crippen molar-refractivity contribution in [2.75, 3.05) is 6.54 Å². The van der Waals surface area contributed by atoms with Crippen LogP contribution in [0.4, 0.5) is 0 Å². The number of hydrogen-bond acceptors (Lipinski definition) is 1. The summed E-state index contributed by atoms with van der Waals surface area (Å²) in [5, 5.41) is 3.29. The Bertz CT molecular complexity index is 62.6. The molecule has 1 heterocycles. The molecule has 1 fully saturated rings. The van der Waals surface area contributed by atoms with Gasteiger partial charge >= 0.3 is 0 Å². The van der Waals surface area contributed by atoms with Gasteiger partial charge in [-0.2, -0.15) is 0 Å². The SMILES string of the molecule is C=C[C@@H]1CCCN1. The summed E-state index contributed by atoms with van der Waals surface area (Å²) in [5.41, 5.74) is 0. The Kier molecular flexibility index (Phi) is 1.47. The predicted octanol–water partition coefficient (Wildman–Crippen LogP) is 0.924. The summed E-state index contributed by atoms with van der Waals surface area (Å²) in [6, 6.07) is 0.611. The molecule has 0 amide bonds. The monoisotopic (exact) mass is 97.1 g/mol. The minimum atomic E-state index is 0.611. The minimum absolute atomic E-state index is 0.611. The van der Waals surface area contributed by atoms with Crippen molar-refractivity contribution >= 4 is 0 Å². The molecule has 40 valence electrons. The molecule has 0 unspecified atom stereocenters. The molecule has 1 aliphatic heterocycles. The van der Waals surface area contributed by atoms with Crippen LogP contribution in [0.1, 0.15) is 12.8 Å². The van der Waals surface area contributed by atoms with Gasteiger partial charge < -0.3 is 5.32 Å². The summed E-state index contributed by atoms with van der Waals surface area (Å²) in [5.74, 6) is 0. The Morgan fingerprint density at radius 1 is 1.71 bits per heavy atom. The maximum atomic E-state index is 3.68. The van der Waals surface area contributed by atoms with E-state index in [1.807, 2.05) is 6.08 Å². The number of rotatable bonds is 1. The second-order valence-electron chi connectivity index (χ2n) is 1.94. The highest BCUT2D eigenvalue weighted by molar-refractivity contribution is 4.88. The first-order valence-corrected chi connectivity index (χ1v) is 2.79. The van der Waals surface area contributed by atoms with Crippen molar-refractivity contribution in [3.63, 3.8) is 0 Å². The maximum absolute atomic E-state index is 3.68. The van der Waals surface area contributed by atoms with Gasteiger partial charge in [-0.25, -0.2) is 0 Å². The number of nitrogens with one attached hydrogen (secondary N) is 1. The molecule has 0 radical (unpaired) electrons. The second-order valence-corrected chi connectivity index (χ2v) is 1.94. The normalized spacial score (nSPS) is 30.6. The van der Waals surface area contributed by atoms with Crippen LogP contribution in [0.25, 0.3) is 0 Å². The first-order valence-electron chi connectivity index (χ1n) is 2.79. The third-order valence-corrected chi connectivity index (χ3v) is 1.38. The lowest BCUT2D eigenvalue weighted by molar-refractivity contribution is 0.729. The van der Waals surface area contributed by atoms with E-state index in [0.717, 1.165) is 0 Å². The van der Waals surface area contributed by atoms with Gasteiger partial charge in [0, 0.05) is 6.04 Å². The largest absolute Gasteiger partial charge is 0.311 e. The minimum Gasteiger partial charge on any atom is -0.311 e. The van der Waals surface area contributed by atoms with Crippen molar-refractivity contribution < 1.29 is 0 Å². The van der Waals surface area contributed by atoms with E-state index in [0.29, 0.717) is 6.04 Å². The van der Waals surface area contributed by atoms with E-state index < -0.39 is 0 Å². The van der Waals surface area contributed by atoms with Crippen LogP contribution >= 0.6 is 0 Å². The molecule has 0 saturated carbocycles. The fraction of sp³-hybridized carbons (Fsp3) is 0.667. The molecule has 1 atom stereocenters. The van der Waals surface area contributed by atoms with Crippen LogP contribution in [0.3, 0.4) is 0 Å². The van der Waals surface area contributed by atoms with Gasteiger partial charge in [0.1, 0.15) is 0 Å². The highest BCUT2D eigenvalue weighted by Crippen LogP contribution is 2.03. The molecular formula is C6H11N. The summed E-state index contributed by atoms with van der Waals surface area (Å²) in [4.78, 5) is 0. The Morgan fingerprint density at radius 2 is 2.57 bits per heavy atom. The van der Waals surface area contributed by atoms with E-state index in [2.05, 4.69) is 11.9 Å². The van der Waals surface area contributed by atoms with Crippen LogP contribution < -0.4 is 5.32 Å². The summed E-state index contributed by atoms with van der Waals surface area (Å²) in [6.07, 6.45) is 4.58. The van der Waals surface area contributed by atoms with Crippen LogP contribution in [-0.2, 0) is 0 Å². The quantitative estimate of drug-likeness (QED) is 0.480. The van der Waals surface area contributed by atoms with Gasteiger partial charge in [-0.1, -0.05) is 6.08 Å². The molecule has 0 spiro atoms. The van der Waals surface area contributed by atoms with Gasteiger partial charge in [0.15, 0.2) is 0 Å². The van der Waals surface area contributed by atoms with Crippen molar-refractivity contribution in [2.24, 2.45) is 0 Å². The Balaban J connectivity index is 2.26. The lowest BCUT2D eigenvalue weighted by atomic mass is 10.2. The highest BCUT2D eigenvalue weighted by atomic mass is 14.9. The van der Waals surface area contributed by atoms with Gasteiger partial charge in [-0.3, -0.25) is 0 Å². The smallest absolute Gasteiger partial charge is 0.0247 e. The maximum Gasteiger partial charge on any atom is 0.0247 e. The van der Waals surface area contributed by atoms with Crippen molar-refractivity contribution in [3.8, 4) is 0 Å². The van der Waals surface area contributed by atoms with Crippen LogP contribution in [0.15, 0.2) is 12.7 Å². The molecule has 1 heteroatoms. The van der Waals surface area contributed by atoms with Crippen molar-refractivity contribution in [2.45, 2.75) is 18.9 Å². The van der Waals surface area contributed by atoms with Gasteiger partial charge in [-0.05, 0) is 19.4 Å². The van der Waals surface area contributed by atoms with Gasteiger partial charge in [0.25, 0.3) is 0 Å². The topological polar surface area (TPSA) is 12.0 Å². The Morgan fingerprint density at radius 3 is 2.86 bits per heavy atom. The molecule has 1 aliphatic rings. The Labute approximate surface area is 44.4 Å². The zero-order valence-electron chi connectivity index (χ0n) is 4.48. The molecule has 0 aromatic heterocycles. The van der Waals surface area contributed by atoms with E-state index in [-0.39, 0.29) is 0 Å². The standard InChI is InChI=1S/C6H11N/c1-2-6-4-3-5-7-6/h2,6-7H,1,3-5H2/t6-/m1/s1. The van der Waals surface area contributed by atoms with Crippen LogP contribution in [-0.4, -0.2) is 12.6 Å². The molecule has 0 aromatic rings. The molecule has 1 rings (SSSR count). The van der Waals surface area contributed by atoms with E-state index in [1.165, 1.54) is 19.4 Å².